The fourth-order valence-corrected chi connectivity index (χ4v) is 3.18. The highest BCUT2D eigenvalue weighted by Gasteiger charge is 2.21. The maximum atomic E-state index is 12.8. The molecule has 1 aromatic carbocycles. The Morgan fingerprint density at radius 2 is 2.00 bits per heavy atom. The molecular weight excluding hydrogens is 325 g/mol. The van der Waals surface area contributed by atoms with Crippen LogP contribution < -0.4 is 10.0 Å². The van der Waals surface area contributed by atoms with Crippen molar-refractivity contribution in [1.29, 1.82) is 0 Å². The monoisotopic (exact) mass is 341 g/mol. The number of hydrogen-bond acceptors (Lipinski definition) is 5. The van der Waals surface area contributed by atoms with Gasteiger partial charge in [-0.15, -0.1) is 0 Å². The van der Waals surface area contributed by atoms with Gasteiger partial charge in [0.05, 0.1) is 11.8 Å². The van der Waals surface area contributed by atoms with E-state index in [1.165, 1.54) is 37.3 Å². The molecule has 9 heteroatoms. The van der Waals surface area contributed by atoms with Gasteiger partial charge in [-0.3, -0.25) is 4.79 Å². The zero-order valence-corrected chi connectivity index (χ0v) is 13.4. The fourth-order valence-electron chi connectivity index (χ4n) is 1.82. The van der Waals surface area contributed by atoms with Crippen LogP contribution in [0.25, 0.3) is 0 Å². The molecule has 1 amide bonds. The summed E-state index contributed by atoms with van der Waals surface area (Å²) in [5.41, 5.74) is 0.415. The van der Waals surface area contributed by atoms with Crippen molar-refractivity contribution in [3.8, 4) is 0 Å². The minimum Gasteiger partial charge on any atom is -0.360 e. The molecule has 2 N–H and O–H groups in total. The van der Waals surface area contributed by atoms with E-state index < -0.39 is 27.8 Å². The second kappa shape index (κ2) is 6.88. The van der Waals surface area contributed by atoms with Crippen molar-refractivity contribution in [3.05, 3.63) is 47.5 Å². The quantitative estimate of drug-likeness (QED) is 0.830. The maximum Gasteiger partial charge on any atom is 0.243 e. The molecule has 0 radical (unpaired) electrons. The highest BCUT2D eigenvalue weighted by molar-refractivity contribution is 7.88. The van der Waals surface area contributed by atoms with Crippen LogP contribution in [0.15, 0.2) is 34.9 Å². The fraction of sp³-hybridized carbons (Fsp3) is 0.286. The van der Waals surface area contributed by atoms with Gasteiger partial charge in [0.15, 0.2) is 5.82 Å². The molecule has 2 rings (SSSR count). The number of amides is 1. The van der Waals surface area contributed by atoms with Gasteiger partial charge in [-0.1, -0.05) is 17.3 Å². The predicted molar refractivity (Wildman–Crippen MR) is 81.5 cm³/mol. The first-order valence-corrected chi connectivity index (χ1v) is 8.39. The molecule has 0 aliphatic rings. The highest BCUT2D eigenvalue weighted by Crippen LogP contribution is 2.09. The van der Waals surface area contributed by atoms with Crippen LogP contribution in [0, 0.1) is 12.7 Å². The summed E-state index contributed by atoms with van der Waals surface area (Å²) in [5, 5.41) is 6.03. The number of aryl methyl sites for hydroxylation is 1. The molecule has 0 saturated carbocycles. The van der Waals surface area contributed by atoms with Crippen LogP contribution in [-0.4, -0.2) is 25.5 Å². The first-order valence-electron chi connectivity index (χ1n) is 6.74. The Labute approximate surface area is 132 Å². The van der Waals surface area contributed by atoms with Crippen molar-refractivity contribution in [2.75, 3.05) is 5.32 Å². The summed E-state index contributed by atoms with van der Waals surface area (Å²) in [6.45, 7) is 3.07. The van der Waals surface area contributed by atoms with Crippen molar-refractivity contribution in [3.63, 3.8) is 0 Å². The number of rotatable bonds is 6. The molecule has 124 valence electrons. The van der Waals surface area contributed by atoms with Gasteiger partial charge in [0.1, 0.15) is 11.6 Å². The van der Waals surface area contributed by atoms with E-state index in [0.29, 0.717) is 11.3 Å². The van der Waals surface area contributed by atoms with Gasteiger partial charge in [0.25, 0.3) is 0 Å². The molecule has 7 nitrogen and oxygen atoms in total. The van der Waals surface area contributed by atoms with Gasteiger partial charge >= 0.3 is 0 Å². The maximum absolute atomic E-state index is 12.8. The number of carbonyl (C=O) groups excluding carboxylic acids is 1. The van der Waals surface area contributed by atoms with Crippen molar-refractivity contribution < 1.29 is 22.1 Å². The summed E-state index contributed by atoms with van der Waals surface area (Å²) in [6, 6.07) is 5.60. The number of aromatic nitrogens is 1. The zero-order valence-electron chi connectivity index (χ0n) is 12.5. The first-order chi connectivity index (χ1) is 10.7. The highest BCUT2D eigenvalue weighted by atomic mass is 32.2. The summed E-state index contributed by atoms with van der Waals surface area (Å²) >= 11 is 0. The molecule has 0 fully saturated rings. The number of sulfonamides is 1. The third-order valence-corrected chi connectivity index (χ3v) is 4.32. The molecule has 23 heavy (non-hydrogen) atoms. The van der Waals surface area contributed by atoms with E-state index in [0.717, 1.165) is 0 Å². The van der Waals surface area contributed by atoms with E-state index >= 15 is 0 Å². The molecule has 2 aromatic rings. The lowest BCUT2D eigenvalue weighted by Crippen LogP contribution is -2.42. The summed E-state index contributed by atoms with van der Waals surface area (Å²) < 4.78 is 43.9. The molecule has 0 aliphatic carbocycles. The molecule has 0 aliphatic heterocycles. The Bertz CT molecular complexity index is 787. The van der Waals surface area contributed by atoms with Crippen LogP contribution in [0.4, 0.5) is 10.2 Å². The van der Waals surface area contributed by atoms with Crippen molar-refractivity contribution in [2.45, 2.75) is 25.6 Å². The standard InChI is InChI=1S/C14H16FN3O4S/c1-9-7-13(17-22-9)16-14(19)10(2)18-23(20,21)8-11-3-5-12(15)6-4-11/h3-7,10,18H,8H2,1-2H3,(H,16,17,19)/t10-/m0/s1. The van der Waals surface area contributed by atoms with E-state index in [-0.39, 0.29) is 11.6 Å². The molecule has 1 aromatic heterocycles. The van der Waals surface area contributed by atoms with Crippen LogP contribution in [0.3, 0.4) is 0 Å². The largest absolute Gasteiger partial charge is 0.360 e. The first kappa shape index (κ1) is 17.1. The summed E-state index contributed by atoms with van der Waals surface area (Å²) in [6.07, 6.45) is 0. The van der Waals surface area contributed by atoms with E-state index in [2.05, 4.69) is 15.2 Å². The topological polar surface area (TPSA) is 101 Å². The van der Waals surface area contributed by atoms with Crippen molar-refractivity contribution >= 4 is 21.7 Å². The van der Waals surface area contributed by atoms with Crippen LogP contribution >= 0.6 is 0 Å². The van der Waals surface area contributed by atoms with E-state index in [9.17, 15) is 17.6 Å². The summed E-state index contributed by atoms with van der Waals surface area (Å²) in [5.74, 6) is -0.647. The van der Waals surface area contributed by atoms with Gasteiger partial charge in [-0.25, -0.2) is 17.5 Å². The number of hydrogen-bond donors (Lipinski definition) is 2. The second-order valence-corrected chi connectivity index (χ2v) is 6.79. The molecule has 0 bridgehead atoms. The Morgan fingerprint density at radius 1 is 1.35 bits per heavy atom. The normalized spacial score (nSPS) is 12.8. The third-order valence-electron chi connectivity index (χ3n) is 2.90. The molecule has 0 saturated heterocycles. The number of anilines is 1. The number of halogens is 1. The lowest BCUT2D eigenvalue weighted by molar-refractivity contribution is -0.117. The Hall–Kier alpha value is -2.26. The van der Waals surface area contributed by atoms with Gasteiger partial charge in [0.2, 0.25) is 15.9 Å². The van der Waals surface area contributed by atoms with E-state index in [1.807, 2.05) is 0 Å². The lowest BCUT2D eigenvalue weighted by Gasteiger charge is -2.13. The summed E-state index contributed by atoms with van der Waals surface area (Å²) in [4.78, 5) is 11.9. The molecule has 1 atom stereocenters. The Kier molecular flexibility index (Phi) is 5.12. The van der Waals surface area contributed by atoms with Crippen molar-refractivity contribution in [2.24, 2.45) is 0 Å². The predicted octanol–water partition coefficient (Wildman–Crippen LogP) is 1.57. The van der Waals surface area contributed by atoms with Crippen LogP contribution in [0.2, 0.25) is 0 Å². The van der Waals surface area contributed by atoms with Crippen LogP contribution in [0.1, 0.15) is 18.2 Å². The van der Waals surface area contributed by atoms with Crippen LogP contribution in [0.5, 0.6) is 0 Å². The van der Waals surface area contributed by atoms with Crippen molar-refractivity contribution in [1.82, 2.24) is 9.88 Å². The van der Waals surface area contributed by atoms with Gasteiger partial charge in [-0.2, -0.15) is 0 Å². The van der Waals surface area contributed by atoms with E-state index in [1.54, 1.807) is 6.92 Å². The average molecular weight is 341 g/mol. The number of benzene rings is 1. The van der Waals surface area contributed by atoms with Gasteiger partial charge in [0, 0.05) is 6.07 Å². The Morgan fingerprint density at radius 3 is 2.57 bits per heavy atom. The molecular formula is C14H16FN3O4S. The Balaban J connectivity index is 1.95. The average Bonchev–Trinajstić information content (AvgIpc) is 2.86. The second-order valence-electron chi connectivity index (χ2n) is 5.04. The molecule has 0 spiro atoms. The summed E-state index contributed by atoms with van der Waals surface area (Å²) in [7, 11) is -3.76. The molecule has 1 heterocycles. The van der Waals surface area contributed by atoms with E-state index in [4.69, 9.17) is 4.52 Å². The number of nitrogens with one attached hydrogen (secondary N) is 2. The lowest BCUT2D eigenvalue weighted by atomic mass is 10.2. The SMILES string of the molecule is Cc1cc(NC(=O)[C@H](C)NS(=O)(=O)Cc2ccc(F)cc2)no1. The molecule has 0 unspecified atom stereocenters. The third kappa shape index (κ3) is 5.15. The van der Waals surface area contributed by atoms with Gasteiger partial charge in [-0.05, 0) is 31.5 Å². The number of carbonyl (C=O) groups is 1. The number of nitrogens with zero attached hydrogens (tertiary/aromatic N) is 1. The smallest absolute Gasteiger partial charge is 0.243 e. The minimum absolute atomic E-state index is 0.206. The van der Waals surface area contributed by atoms with Gasteiger partial charge < -0.3 is 9.84 Å². The zero-order chi connectivity index (χ0) is 17.0. The van der Waals surface area contributed by atoms with Crippen LogP contribution in [-0.2, 0) is 20.6 Å². The minimum atomic E-state index is -3.76.